The van der Waals surface area contributed by atoms with Crippen LogP contribution < -0.4 is 4.72 Å². The zero-order valence-corrected chi connectivity index (χ0v) is 14.6. The van der Waals surface area contributed by atoms with Crippen LogP contribution in [0.15, 0.2) is 23.1 Å². The zero-order valence-electron chi connectivity index (χ0n) is 12.9. The van der Waals surface area contributed by atoms with Crippen LogP contribution in [0.4, 0.5) is 5.69 Å². The molecule has 0 saturated heterocycles. The maximum atomic E-state index is 11.9. The molecule has 1 aromatic carbocycles. The van der Waals surface area contributed by atoms with Crippen molar-refractivity contribution in [1.82, 2.24) is 0 Å². The third-order valence-electron chi connectivity index (χ3n) is 2.59. The van der Waals surface area contributed by atoms with Crippen LogP contribution in [-0.2, 0) is 10.0 Å². The van der Waals surface area contributed by atoms with Crippen LogP contribution in [0.2, 0.25) is 0 Å². The van der Waals surface area contributed by atoms with E-state index in [4.69, 9.17) is 5.26 Å². The summed E-state index contributed by atoms with van der Waals surface area (Å²) in [5.74, 6) is -0.0293. The van der Waals surface area contributed by atoms with Crippen LogP contribution in [0.25, 0.3) is 0 Å². The average molecular weight is 326 g/mol. The first-order valence-electron chi connectivity index (χ1n) is 6.80. The summed E-state index contributed by atoms with van der Waals surface area (Å²) in [7, 11) is -3.39. The smallest absolute Gasteiger partial charge is 0.232 e. The van der Waals surface area contributed by atoms with Gasteiger partial charge in [-0.2, -0.15) is 5.26 Å². The number of unbranched alkanes of at least 4 members (excludes halogenated alkanes) is 1. The lowest BCUT2D eigenvalue weighted by Crippen LogP contribution is -2.17. The van der Waals surface area contributed by atoms with E-state index in [-0.39, 0.29) is 16.9 Å². The molecule has 116 valence electrons. The number of nitriles is 1. The number of hydrogen-bond donors (Lipinski definition) is 1. The van der Waals surface area contributed by atoms with E-state index in [9.17, 15) is 8.42 Å². The highest BCUT2D eigenvalue weighted by Crippen LogP contribution is 2.33. The van der Waals surface area contributed by atoms with E-state index < -0.39 is 10.0 Å². The lowest BCUT2D eigenvalue weighted by atomic mass is 10.2. The van der Waals surface area contributed by atoms with Crippen molar-refractivity contribution in [2.24, 2.45) is 0 Å². The molecule has 0 aromatic heterocycles. The zero-order chi connectivity index (χ0) is 16.1. The fourth-order valence-corrected chi connectivity index (χ4v) is 4.00. The second kappa shape index (κ2) is 7.19. The molecule has 0 aliphatic rings. The van der Waals surface area contributed by atoms with Gasteiger partial charge in [0.2, 0.25) is 10.0 Å². The molecule has 21 heavy (non-hydrogen) atoms. The highest BCUT2D eigenvalue weighted by atomic mass is 32.2. The predicted molar refractivity (Wildman–Crippen MR) is 89.0 cm³/mol. The number of nitrogens with zero attached hydrogens (tertiary/aromatic N) is 1. The molecule has 0 heterocycles. The van der Waals surface area contributed by atoms with E-state index in [2.05, 4.69) is 25.5 Å². The van der Waals surface area contributed by atoms with Gasteiger partial charge in [0.1, 0.15) is 0 Å². The molecule has 0 unspecified atom stereocenters. The van der Waals surface area contributed by atoms with Gasteiger partial charge in [-0.3, -0.25) is 4.72 Å². The lowest BCUT2D eigenvalue weighted by molar-refractivity contribution is 0.599. The number of rotatable bonds is 6. The molecule has 1 rings (SSSR count). The molecule has 0 atom stereocenters. The molecule has 1 N–H and O–H groups in total. The van der Waals surface area contributed by atoms with Crippen molar-refractivity contribution in [3.63, 3.8) is 0 Å². The summed E-state index contributed by atoms with van der Waals surface area (Å²) in [5, 5.41) is 8.45. The molecule has 0 aliphatic heterocycles. The minimum Gasteiger partial charge on any atom is -0.283 e. The summed E-state index contributed by atoms with van der Waals surface area (Å²) >= 11 is 1.75. The van der Waals surface area contributed by atoms with E-state index >= 15 is 0 Å². The molecule has 0 fully saturated rings. The van der Waals surface area contributed by atoms with Crippen molar-refractivity contribution in [3.8, 4) is 6.07 Å². The molecule has 0 saturated carbocycles. The quantitative estimate of drug-likeness (QED) is 0.635. The summed E-state index contributed by atoms with van der Waals surface area (Å²) in [4.78, 5) is 1.12. The fraction of sp³-hybridized carbons (Fsp3) is 0.533. The van der Waals surface area contributed by atoms with Gasteiger partial charge < -0.3 is 0 Å². The van der Waals surface area contributed by atoms with Crippen LogP contribution >= 0.6 is 11.8 Å². The Balaban J connectivity index is 2.79. The average Bonchev–Trinajstić information content (AvgIpc) is 2.31. The Morgan fingerprint density at radius 2 is 2.00 bits per heavy atom. The molecule has 0 amide bonds. The van der Waals surface area contributed by atoms with Gasteiger partial charge >= 0.3 is 0 Å². The Morgan fingerprint density at radius 1 is 1.33 bits per heavy atom. The molecule has 6 heteroatoms. The molecular weight excluding hydrogens is 304 g/mol. The van der Waals surface area contributed by atoms with Gasteiger partial charge in [-0.05, 0) is 37.1 Å². The van der Waals surface area contributed by atoms with Crippen molar-refractivity contribution in [2.45, 2.75) is 50.2 Å². The maximum absolute atomic E-state index is 11.9. The first-order chi connectivity index (χ1) is 9.63. The van der Waals surface area contributed by atoms with Gasteiger partial charge in [-0.15, -0.1) is 11.8 Å². The van der Waals surface area contributed by atoms with Crippen LogP contribution in [0.1, 0.15) is 39.2 Å². The van der Waals surface area contributed by atoms with E-state index in [0.29, 0.717) is 12.1 Å². The number of anilines is 1. The third-order valence-corrected chi connectivity index (χ3v) is 5.05. The Morgan fingerprint density at radius 3 is 2.52 bits per heavy atom. The Hall–Kier alpha value is -1.19. The van der Waals surface area contributed by atoms with Gasteiger partial charge in [0, 0.05) is 16.1 Å². The summed E-state index contributed by atoms with van der Waals surface area (Å²) < 4.78 is 26.5. The van der Waals surface area contributed by atoms with Crippen molar-refractivity contribution >= 4 is 27.5 Å². The second-order valence-corrected chi connectivity index (χ2v) is 9.62. The lowest BCUT2D eigenvalue weighted by Gasteiger charge is -2.18. The van der Waals surface area contributed by atoms with Gasteiger partial charge in [0.05, 0.1) is 17.5 Å². The summed E-state index contributed by atoms with van der Waals surface area (Å²) in [6, 6.07) is 7.66. The SMILES string of the molecule is Cc1cc(SC(C)(C)C)ccc1NS(=O)(=O)CCCC#N. The third kappa shape index (κ3) is 6.87. The van der Waals surface area contributed by atoms with Gasteiger partial charge in [0.15, 0.2) is 0 Å². The summed E-state index contributed by atoms with van der Waals surface area (Å²) in [6.45, 7) is 8.30. The highest BCUT2D eigenvalue weighted by molar-refractivity contribution is 8.00. The molecule has 0 aliphatic carbocycles. The normalized spacial score (nSPS) is 12.0. The minimum atomic E-state index is -3.39. The van der Waals surface area contributed by atoms with Gasteiger partial charge in [-0.1, -0.05) is 20.8 Å². The van der Waals surface area contributed by atoms with Gasteiger partial charge in [0.25, 0.3) is 0 Å². The molecule has 0 bridgehead atoms. The Labute approximate surface area is 132 Å². The predicted octanol–water partition coefficient (Wildman–Crippen LogP) is 3.93. The number of nitrogens with one attached hydrogen (secondary N) is 1. The van der Waals surface area contributed by atoms with Crippen molar-refractivity contribution in [2.75, 3.05) is 10.5 Å². The number of thioether (sulfide) groups is 1. The molecule has 1 aromatic rings. The van der Waals surface area contributed by atoms with Crippen molar-refractivity contribution in [3.05, 3.63) is 23.8 Å². The van der Waals surface area contributed by atoms with Gasteiger partial charge in [-0.25, -0.2) is 8.42 Å². The Bertz CT molecular complexity index is 626. The van der Waals surface area contributed by atoms with E-state index in [1.165, 1.54) is 0 Å². The van der Waals surface area contributed by atoms with Crippen LogP contribution in [-0.4, -0.2) is 18.9 Å². The standard InChI is InChI=1S/C15H22N2O2S2/c1-12-11-13(20-15(2,3)4)7-8-14(12)17-21(18,19)10-6-5-9-16/h7-8,11,17H,5-6,10H2,1-4H3. The van der Waals surface area contributed by atoms with E-state index in [1.54, 1.807) is 17.8 Å². The first kappa shape index (κ1) is 17.9. The minimum absolute atomic E-state index is 0.0293. The first-order valence-corrected chi connectivity index (χ1v) is 9.27. The van der Waals surface area contributed by atoms with E-state index in [0.717, 1.165) is 10.5 Å². The number of sulfonamides is 1. The topological polar surface area (TPSA) is 70.0 Å². The maximum Gasteiger partial charge on any atom is 0.232 e. The number of aryl methyl sites for hydroxylation is 1. The molecule has 4 nitrogen and oxygen atoms in total. The van der Waals surface area contributed by atoms with E-state index in [1.807, 2.05) is 25.1 Å². The molecule has 0 radical (unpaired) electrons. The molecule has 0 spiro atoms. The van der Waals surface area contributed by atoms with Crippen molar-refractivity contribution in [1.29, 1.82) is 5.26 Å². The summed E-state index contributed by atoms with van der Waals surface area (Å²) in [5.41, 5.74) is 1.50. The number of benzene rings is 1. The molecular formula is C15H22N2O2S2. The Kier molecular flexibility index (Phi) is 6.11. The second-order valence-electron chi connectivity index (χ2n) is 5.87. The largest absolute Gasteiger partial charge is 0.283 e. The number of hydrogen-bond acceptors (Lipinski definition) is 4. The van der Waals surface area contributed by atoms with Crippen LogP contribution in [0.3, 0.4) is 0 Å². The summed E-state index contributed by atoms with van der Waals surface area (Å²) in [6.07, 6.45) is 0.601. The highest BCUT2D eigenvalue weighted by Gasteiger charge is 2.15. The fourth-order valence-electron chi connectivity index (χ4n) is 1.73. The monoisotopic (exact) mass is 326 g/mol. The van der Waals surface area contributed by atoms with Crippen LogP contribution in [0.5, 0.6) is 0 Å². The van der Waals surface area contributed by atoms with Crippen LogP contribution in [0, 0.1) is 18.3 Å². The van der Waals surface area contributed by atoms with Crippen molar-refractivity contribution < 1.29 is 8.42 Å².